The smallest absolute Gasteiger partial charge is 0.194 e. The van der Waals surface area contributed by atoms with Crippen LogP contribution in [0, 0.1) is 24.4 Å². The molecule has 2 rings (SSSR count). The van der Waals surface area contributed by atoms with E-state index in [0.29, 0.717) is 5.56 Å². The van der Waals surface area contributed by atoms with Crippen molar-refractivity contribution >= 4 is 15.9 Å². The van der Waals surface area contributed by atoms with Crippen molar-refractivity contribution in [2.75, 3.05) is 0 Å². The fourth-order valence-corrected chi connectivity index (χ4v) is 2.50. The van der Waals surface area contributed by atoms with E-state index in [1.807, 2.05) is 13.0 Å². The van der Waals surface area contributed by atoms with Gasteiger partial charge in [0, 0.05) is 10.0 Å². The minimum atomic E-state index is -1.51. The zero-order valence-electron chi connectivity index (χ0n) is 10.6. The van der Waals surface area contributed by atoms with Gasteiger partial charge >= 0.3 is 0 Å². The predicted molar refractivity (Wildman–Crippen MR) is 74.4 cm³/mol. The average molecular weight is 345 g/mol. The van der Waals surface area contributed by atoms with Crippen molar-refractivity contribution in [1.82, 2.24) is 5.43 Å². The maximum absolute atomic E-state index is 13.9. The molecule has 2 nitrogen and oxygen atoms in total. The summed E-state index contributed by atoms with van der Waals surface area (Å²) in [5.41, 5.74) is 3.93. The molecule has 0 saturated heterocycles. The molecule has 6 heteroatoms. The molecule has 0 spiro atoms. The van der Waals surface area contributed by atoms with Gasteiger partial charge in [0.15, 0.2) is 17.5 Å². The van der Waals surface area contributed by atoms with Crippen molar-refractivity contribution in [2.45, 2.75) is 13.0 Å². The van der Waals surface area contributed by atoms with Gasteiger partial charge in [0.1, 0.15) is 0 Å². The van der Waals surface area contributed by atoms with Crippen LogP contribution in [0.3, 0.4) is 0 Å². The van der Waals surface area contributed by atoms with E-state index in [1.54, 1.807) is 12.1 Å². The number of hydrogen-bond donors (Lipinski definition) is 2. The van der Waals surface area contributed by atoms with Gasteiger partial charge in [-0.25, -0.2) is 18.6 Å². The molecule has 106 valence electrons. The molecule has 1 unspecified atom stereocenters. The number of hydrogen-bond acceptors (Lipinski definition) is 2. The predicted octanol–water partition coefficient (Wildman–Crippen LogP) is 3.73. The summed E-state index contributed by atoms with van der Waals surface area (Å²) in [6, 6.07) is 6.62. The summed E-state index contributed by atoms with van der Waals surface area (Å²) in [6.45, 7) is 1.86. The van der Waals surface area contributed by atoms with E-state index in [9.17, 15) is 13.2 Å². The summed E-state index contributed by atoms with van der Waals surface area (Å²) >= 11 is 3.39. The molecule has 2 aromatic carbocycles. The van der Waals surface area contributed by atoms with Gasteiger partial charge < -0.3 is 0 Å². The lowest BCUT2D eigenvalue weighted by Gasteiger charge is -2.20. The number of benzene rings is 2. The number of nitrogens with one attached hydrogen (secondary N) is 1. The van der Waals surface area contributed by atoms with Crippen LogP contribution in [0.25, 0.3) is 0 Å². The second kappa shape index (κ2) is 5.95. The highest BCUT2D eigenvalue weighted by atomic mass is 79.9. The summed E-state index contributed by atoms with van der Waals surface area (Å²) in [4.78, 5) is 0. The first-order valence-corrected chi connectivity index (χ1v) is 6.61. The van der Waals surface area contributed by atoms with Crippen molar-refractivity contribution in [3.05, 3.63) is 68.9 Å². The third-order valence-corrected chi connectivity index (χ3v) is 4.16. The van der Waals surface area contributed by atoms with E-state index in [-0.39, 0.29) is 5.56 Å². The first-order chi connectivity index (χ1) is 9.47. The van der Waals surface area contributed by atoms with Crippen LogP contribution in [0.15, 0.2) is 34.8 Å². The van der Waals surface area contributed by atoms with Gasteiger partial charge in [0.2, 0.25) is 0 Å². The van der Waals surface area contributed by atoms with E-state index >= 15 is 0 Å². The van der Waals surface area contributed by atoms with Crippen molar-refractivity contribution in [1.29, 1.82) is 0 Å². The second-order valence-corrected chi connectivity index (χ2v) is 5.14. The van der Waals surface area contributed by atoms with Gasteiger partial charge in [-0.05, 0) is 24.1 Å². The van der Waals surface area contributed by atoms with Crippen molar-refractivity contribution in [3.63, 3.8) is 0 Å². The van der Waals surface area contributed by atoms with Crippen LogP contribution in [-0.4, -0.2) is 0 Å². The number of rotatable bonds is 3. The van der Waals surface area contributed by atoms with Gasteiger partial charge in [-0.1, -0.05) is 40.2 Å². The average Bonchev–Trinajstić information content (AvgIpc) is 2.44. The number of nitrogens with two attached hydrogens (primary N) is 1. The van der Waals surface area contributed by atoms with Gasteiger partial charge in [-0.2, -0.15) is 0 Å². The summed E-state index contributed by atoms with van der Waals surface area (Å²) in [6.07, 6.45) is 0. The van der Waals surface area contributed by atoms with Crippen LogP contribution in [0.5, 0.6) is 0 Å². The molecule has 3 N–H and O–H groups in total. The topological polar surface area (TPSA) is 38.0 Å². The molecular weight excluding hydrogens is 333 g/mol. The standard InChI is InChI=1S/C14H12BrF3N2/c1-7-3-2-4-8(11(7)15)14(20-19)9-5-6-10(16)13(18)12(9)17/h2-6,14,20H,19H2,1H3. The highest BCUT2D eigenvalue weighted by Crippen LogP contribution is 2.32. The lowest BCUT2D eigenvalue weighted by Crippen LogP contribution is -2.30. The Morgan fingerprint density at radius 2 is 1.75 bits per heavy atom. The van der Waals surface area contributed by atoms with Crippen LogP contribution < -0.4 is 11.3 Å². The minimum absolute atomic E-state index is 0.0577. The van der Waals surface area contributed by atoms with E-state index in [2.05, 4.69) is 21.4 Å². The molecule has 0 heterocycles. The Morgan fingerprint density at radius 3 is 2.40 bits per heavy atom. The quantitative estimate of drug-likeness (QED) is 0.505. The molecule has 0 aromatic heterocycles. The Bertz CT molecular complexity index is 647. The fourth-order valence-electron chi connectivity index (χ4n) is 2.00. The maximum Gasteiger partial charge on any atom is 0.194 e. The molecule has 0 aliphatic heterocycles. The Morgan fingerprint density at radius 1 is 1.05 bits per heavy atom. The molecule has 20 heavy (non-hydrogen) atoms. The molecule has 0 aliphatic carbocycles. The Balaban J connectivity index is 2.59. The molecule has 0 bridgehead atoms. The lowest BCUT2D eigenvalue weighted by atomic mass is 9.97. The molecule has 1 atom stereocenters. The molecular formula is C14H12BrF3N2. The zero-order chi connectivity index (χ0) is 14.9. The van der Waals surface area contributed by atoms with Crippen LogP contribution in [0.1, 0.15) is 22.7 Å². The minimum Gasteiger partial charge on any atom is -0.271 e. The van der Waals surface area contributed by atoms with Crippen molar-refractivity contribution in [3.8, 4) is 0 Å². The Labute approximate surface area is 122 Å². The van der Waals surface area contributed by atoms with Crippen LogP contribution >= 0.6 is 15.9 Å². The zero-order valence-corrected chi connectivity index (χ0v) is 12.1. The maximum atomic E-state index is 13.9. The summed E-state index contributed by atoms with van der Waals surface area (Å²) in [7, 11) is 0. The van der Waals surface area contributed by atoms with Gasteiger partial charge in [-0.15, -0.1) is 0 Å². The van der Waals surface area contributed by atoms with E-state index < -0.39 is 23.5 Å². The van der Waals surface area contributed by atoms with Crippen LogP contribution in [-0.2, 0) is 0 Å². The number of aryl methyl sites for hydroxylation is 1. The van der Waals surface area contributed by atoms with E-state index in [4.69, 9.17) is 5.84 Å². The Kier molecular flexibility index (Phi) is 4.47. The SMILES string of the molecule is Cc1cccc(C(NN)c2ccc(F)c(F)c2F)c1Br. The van der Waals surface area contributed by atoms with E-state index in [1.165, 1.54) is 6.07 Å². The third kappa shape index (κ3) is 2.59. The summed E-state index contributed by atoms with van der Waals surface area (Å²) in [5, 5.41) is 0. The fraction of sp³-hybridized carbons (Fsp3) is 0.143. The molecule has 0 fully saturated rings. The highest BCUT2D eigenvalue weighted by Gasteiger charge is 2.23. The second-order valence-electron chi connectivity index (χ2n) is 4.34. The molecule has 0 aliphatic rings. The van der Waals surface area contributed by atoms with Crippen molar-refractivity contribution in [2.24, 2.45) is 5.84 Å². The third-order valence-electron chi connectivity index (χ3n) is 3.08. The van der Waals surface area contributed by atoms with E-state index in [0.717, 1.165) is 16.1 Å². The molecule has 2 aromatic rings. The molecule has 0 saturated carbocycles. The first kappa shape index (κ1) is 15.0. The summed E-state index contributed by atoms with van der Waals surface area (Å²) in [5.74, 6) is 1.47. The normalized spacial score (nSPS) is 12.5. The first-order valence-electron chi connectivity index (χ1n) is 5.82. The number of hydrazine groups is 1. The monoisotopic (exact) mass is 344 g/mol. The van der Waals surface area contributed by atoms with Crippen LogP contribution in [0.2, 0.25) is 0 Å². The molecule has 0 amide bonds. The van der Waals surface area contributed by atoms with Gasteiger partial charge in [0.25, 0.3) is 0 Å². The van der Waals surface area contributed by atoms with Crippen molar-refractivity contribution < 1.29 is 13.2 Å². The number of halogens is 4. The van der Waals surface area contributed by atoms with Crippen LogP contribution in [0.4, 0.5) is 13.2 Å². The molecule has 0 radical (unpaired) electrons. The van der Waals surface area contributed by atoms with Gasteiger partial charge in [0.05, 0.1) is 6.04 Å². The summed E-state index contributed by atoms with van der Waals surface area (Å²) < 4.78 is 41.0. The lowest BCUT2D eigenvalue weighted by molar-refractivity contribution is 0.433. The highest BCUT2D eigenvalue weighted by molar-refractivity contribution is 9.10. The largest absolute Gasteiger partial charge is 0.271 e. The van der Waals surface area contributed by atoms with Gasteiger partial charge in [-0.3, -0.25) is 5.84 Å². The Hall–Kier alpha value is -1.37.